The maximum Gasteiger partial charge on any atom is 0.409 e. The monoisotopic (exact) mass is 173 g/mol. The molecule has 0 aromatic carbocycles. The van der Waals surface area contributed by atoms with Crippen LogP contribution in [0.1, 0.15) is 27.7 Å². The largest absolute Gasteiger partial charge is 0.444 e. The van der Waals surface area contributed by atoms with Crippen LogP contribution in [0.25, 0.3) is 0 Å². The number of alkyl carbamates (subject to hydrolysis) is 1. The van der Waals surface area contributed by atoms with E-state index < -0.39 is 11.7 Å². The first-order valence-electron chi connectivity index (χ1n) is 4.03. The van der Waals surface area contributed by atoms with Crippen molar-refractivity contribution in [2.24, 2.45) is 0 Å². The number of epoxide rings is 1. The van der Waals surface area contributed by atoms with Crippen LogP contribution in [-0.4, -0.2) is 24.0 Å². The summed E-state index contributed by atoms with van der Waals surface area (Å²) in [5.41, 5.74) is -0.442. The van der Waals surface area contributed by atoms with E-state index in [1.807, 2.05) is 27.7 Å². The zero-order chi connectivity index (χ0) is 9.35. The van der Waals surface area contributed by atoms with Crippen LogP contribution in [0.5, 0.6) is 0 Å². The quantitative estimate of drug-likeness (QED) is 0.607. The fourth-order valence-corrected chi connectivity index (χ4v) is 0.761. The summed E-state index contributed by atoms with van der Waals surface area (Å²) in [7, 11) is 0. The molecule has 1 N–H and O–H groups in total. The second-order valence-electron chi connectivity index (χ2n) is 3.91. The van der Waals surface area contributed by atoms with Crippen molar-refractivity contribution in [2.75, 3.05) is 0 Å². The smallest absolute Gasteiger partial charge is 0.409 e. The highest BCUT2D eigenvalue weighted by Gasteiger charge is 2.36. The average molecular weight is 173 g/mol. The predicted molar refractivity (Wildman–Crippen MR) is 43.7 cm³/mol. The third-order valence-electron chi connectivity index (χ3n) is 1.37. The molecule has 0 bridgehead atoms. The molecule has 0 spiro atoms. The zero-order valence-corrected chi connectivity index (χ0v) is 7.88. The Bertz CT molecular complexity index is 185. The van der Waals surface area contributed by atoms with Gasteiger partial charge in [0, 0.05) is 0 Å². The van der Waals surface area contributed by atoms with Gasteiger partial charge in [0.15, 0.2) is 6.23 Å². The molecular formula is C8H15NO3. The number of carbonyl (C=O) groups is 1. The van der Waals surface area contributed by atoms with Gasteiger partial charge in [0.2, 0.25) is 0 Å². The highest BCUT2D eigenvalue weighted by Crippen LogP contribution is 2.18. The molecule has 70 valence electrons. The minimum absolute atomic E-state index is 0.123. The number of rotatable bonds is 1. The molecule has 0 radical (unpaired) electrons. The Hall–Kier alpha value is -0.770. The molecule has 1 rings (SSSR count). The molecule has 0 aliphatic carbocycles. The number of amides is 1. The van der Waals surface area contributed by atoms with Gasteiger partial charge >= 0.3 is 6.09 Å². The molecule has 1 aliphatic rings. The van der Waals surface area contributed by atoms with Crippen molar-refractivity contribution >= 4 is 6.09 Å². The Labute approximate surface area is 72.2 Å². The van der Waals surface area contributed by atoms with Crippen molar-refractivity contribution in [1.82, 2.24) is 5.32 Å². The standard InChI is InChI=1S/C8H15NO3/c1-5-6(11-5)9-7(10)12-8(2,3)4/h5-6H,1-4H3,(H,9,10)/t5-,6-/m1/s1. The van der Waals surface area contributed by atoms with Gasteiger partial charge in [-0.2, -0.15) is 0 Å². The van der Waals surface area contributed by atoms with Gasteiger partial charge in [-0.3, -0.25) is 5.32 Å². The van der Waals surface area contributed by atoms with Crippen molar-refractivity contribution in [1.29, 1.82) is 0 Å². The molecule has 0 unspecified atom stereocenters. The average Bonchev–Trinajstić information content (AvgIpc) is 2.40. The van der Waals surface area contributed by atoms with Crippen LogP contribution in [0.15, 0.2) is 0 Å². The first kappa shape index (κ1) is 9.32. The molecule has 4 heteroatoms. The highest BCUT2D eigenvalue weighted by molar-refractivity contribution is 5.68. The Morgan fingerprint density at radius 2 is 2.00 bits per heavy atom. The van der Waals surface area contributed by atoms with E-state index in [0.717, 1.165) is 0 Å². The summed E-state index contributed by atoms with van der Waals surface area (Å²) in [5, 5.41) is 2.58. The van der Waals surface area contributed by atoms with Crippen LogP contribution in [0.3, 0.4) is 0 Å². The van der Waals surface area contributed by atoms with E-state index in [0.29, 0.717) is 0 Å². The number of ether oxygens (including phenoxy) is 2. The maximum atomic E-state index is 11.0. The molecule has 0 aromatic rings. The van der Waals surface area contributed by atoms with E-state index in [4.69, 9.17) is 9.47 Å². The summed E-state index contributed by atoms with van der Waals surface area (Å²) in [5.74, 6) is 0. The summed E-state index contributed by atoms with van der Waals surface area (Å²) >= 11 is 0. The second-order valence-corrected chi connectivity index (χ2v) is 3.91. The second kappa shape index (κ2) is 2.94. The van der Waals surface area contributed by atoms with Crippen molar-refractivity contribution in [3.05, 3.63) is 0 Å². The Balaban J connectivity index is 2.21. The van der Waals surface area contributed by atoms with Crippen LogP contribution >= 0.6 is 0 Å². The van der Waals surface area contributed by atoms with Gasteiger partial charge < -0.3 is 9.47 Å². The van der Waals surface area contributed by atoms with Crippen molar-refractivity contribution in [2.45, 2.75) is 45.6 Å². The van der Waals surface area contributed by atoms with E-state index in [-0.39, 0.29) is 12.3 Å². The molecule has 4 nitrogen and oxygen atoms in total. The Morgan fingerprint density at radius 1 is 1.50 bits per heavy atom. The van der Waals surface area contributed by atoms with Crippen LogP contribution in [0, 0.1) is 0 Å². The fourth-order valence-electron chi connectivity index (χ4n) is 0.761. The molecule has 1 aliphatic heterocycles. The van der Waals surface area contributed by atoms with Gasteiger partial charge in [0.1, 0.15) is 11.7 Å². The predicted octanol–water partition coefficient (Wildman–Crippen LogP) is 1.26. The van der Waals surface area contributed by atoms with Gasteiger partial charge in [0.25, 0.3) is 0 Å². The third-order valence-corrected chi connectivity index (χ3v) is 1.37. The van der Waals surface area contributed by atoms with E-state index in [1.165, 1.54) is 0 Å². The van der Waals surface area contributed by atoms with E-state index in [2.05, 4.69) is 5.32 Å². The lowest BCUT2D eigenvalue weighted by Crippen LogP contribution is -2.34. The first-order chi connectivity index (χ1) is 5.38. The minimum atomic E-state index is -0.442. The third kappa shape index (κ3) is 3.09. The van der Waals surface area contributed by atoms with Crippen LogP contribution in [0.4, 0.5) is 4.79 Å². The minimum Gasteiger partial charge on any atom is -0.444 e. The van der Waals surface area contributed by atoms with E-state index >= 15 is 0 Å². The maximum absolute atomic E-state index is 11.0. The summed E-state index contributed by atoms with van der Waals surface area (Å²) in [6.45, 7) is 7.36. The van der Waals surface area contributed by atoms with Crippen LogP contribution < -0.4 is 5.32 Å². The summed E-state index contributed by atoms with van der Waals surface area (Å²) in [4.78, 5) is 11.0. The van der Waals surface area contributed by atoms with Crippen molar-refractivity contribution < 1.29 is 14.3 Å². The van der Waals surface area contributed by atoms with Crippen molar-refractivity contribution in [3.63, 3.8) is 0 Å². The number of nitrogens with one attached hydrogen (secondary N) is 1. The summed E-state index contributed by atoms with van der Waals surface area (Å²) in [6.07, 6.45) is -0.450. The zero-order valence-electron chi connectivity index (χ0n) is 7.88. The Kier molecular flexibility index (Phi) is 2.28. The highest BCUT2D eigenvalue weighted by atomic mass is 16.6. The Morgan fingerprint density at radius 3 is 2.33 bits per heavy atom. The lowest BCUT2D eigenvalue weighted by atomic mass is 10.2. The van der Waals surface area contributed by atoms with Crippen molar-refractivity contribution in [3.8, 4) is 0 Å². The van der Waals surface area contributed by atoms with E-state index in [1.54, 1.807) is 0 Å². The SMILES string of the molecule is C[C@H]1O[C@H]1NC(=O)OC(C)(C)C. The normalized spacial score (nSPS) is 28.0. The van der Waals surface area contributed by atoms with Gasteiger partial charge in [-0.15, -0.1) is 0 Å². The van der Waals surface area contributed by atoms with Gasteiger partial charge in [-0.1, -0.05) is 0 Å². The first-order valence-corrected chi connectivity index (χ1v) is 4.03. The molecule has 0 aromatic heterocycles. The van der Waals surface area contributed by atoms with Gasteiger partial charge in [-0.05, 0) is 27.7 Å². The lowest BCUT2D eigenvalue weighted by Gasteiger charge is -2.19. The molecular weight excluding hydrogens is 158 g/mol. The number of hydrogen-bond acceptors (Lipinski definition) is 3. The van der Waals surface area contributed by atoms with E-state index in [9.17, 15) is 4.79 Å². The summed E-state index contributed by atoms with van der Waals surface area (Å²) in [6, 6.07) is 0. The van der Waals surface area contributed by atoms with Gasteiger partial charge in [-0.25, -0.2) is 4.79 Å². The molecule has 1 saturated heterocycles. The van der Waals surface area contributed by atoms with Crippen LogP contribution in [0.2, 0.25) is 0 Å². The molecule has 0 saturated carbocycles. The number of hydrogen-bond donors (Lipinski definition) is 1. The molecule has 2 atom stereocenters. The summed E-state index contributed by atoms with van der Waals surface area (Å²) < 4.78 is 10.00. The lowest BCUT2D eigenvalue weighted by molar-refractivity contribution is 0.0503. The number of carbonyl (C=O) groups excluding carboxylic acids is 1. The van der Waals surface area contributed by atoms with Crippen LogP contribution in [-0.2, 0) is 9.47 Å². The topological polar surface area (TPSA) is 50.9 Å². The molecule has 1 amide bonds. The molecule has 1 fully saturated rings. The molecule has 1 heterocycles. The fraction of sp³-hybridized carbons (Fsp3) is 0.875. The van der Waals surface area contributed by atoms with Gasteiger partial charge in [0.05, 0.1) is 0 Å². The molecule has 12 heavy (non-hydrogen) atoms.